The number of H-pyrrole nitrogens is 1. The van der Waals surface area contributed by atoms with Gasteiger partial charge >= 0.3 is 12.1 Å². The number of halogens is 3. The monoisotopic (exact) mass is 376 g/mol. The Balaban J connectivity index is 2.54. The average Bonchev–Trinajstić information content (AvgIpc) is 2.90. The first kappa shape index (κ1) is 20.0. The molecule has 0 spiro atoms. The molecule has 2 rings (SSSR count). The third-order valence-corrected chi connectivity index (χ3v) is 3.92. The molecule has 0 amide bonds. The standard InChI is InChI=1S/C19H15F3N2O3/c1-10-15(16(11(2)24-10)18(26)27-3)8-13(9-23)17(25)12-5-4-6-14(7-12)19(20,21)22/h4-8,24H,1-3H3/b13-8+. The number of nitriles is 1. The van der Waals surface area contributed by atoms with Crippen LogP contribution in [-0.2, 0) is 10.9 Å². The van der Waals surface area contributed by atoms with Gasteiger partial charge in [-0.1, -0.05) is 12.1 Å². The van der Waals surface area contributed by atoms with Crippen molar-refractivity contribution in [1.82, 2.24) is 4.98 Å². The fraction of sp³-hybridized carbons (Fsp3) is 0.211. The zero-order chi connectivity index (χ0) is 20.4. The van der Waals surface area contributed by atoms with Gasteiger partial charge in [-0.25, -0.2) is 4.79 Å². The van der Waals surface area contributed by atoms with Gasteiger partial charge in [0.2, 0.25) is 5.78 Å². The van der Waals surface area contributed by atoms with Crippen molar-refractivity contribution in [2.45, 2.75) is 20.0 Å². The number of ether oxygens (including phenoxy) is 1. The van der Waals surface area contributed by atoms with Crippen molar-refractivity contribution in [2.75, 3.05) is 7.11 Å². The van der Waals surface area contributed by atoms with E-state index >= 15 is 0 Å². The second-order valence-corrected chi connectivity index (χ2v) is 5.73. The Kier molecular flexibility index (Phi) is 5.55. The first-order valence-corrected chi connectivity index (χ1v) is 7.71. The number of nitrogens with one attached hydrogen (secondary N) is 1. The lowest BCUT2D eigenvalue weighted by Crippen LogP contribution is -2.09. The quantitative estimate of drug-likeness (QED) is 0.375. The van der Waals surface area contributed by atoms with Crippen LogP contribution in [0.2, 0.25) is 0 Å². The molecular formula is C19H15F3N2O3. The van der Waals surface area contributed by atoms with Gasteiger partial charge in [-0.05, 0) is 32.1 Å². The van der Waals surface area contributed by atoms with Crippen LogP contribution in [0.5, 0.6) is 0 Å². The molecule has 1 N–H and O–H groups in total. The first-order chi connectivity index (χ1) is 12.6. The third-order valence-electron chi connectivity index (χ3n) is 3.92. The molecule has 0 aliphatic carbocycles. The van der Waals surface area contributed by atoms with Crippen molar-refractivity contribution in [3.63, 3.8) is 0 Å². The van der Waals surface area contributed by atoms with Crippen LogP contribution in [0.3, 0.4) is 0 Å². The molecule has 140 valence electrons. The van der Waals surface area contributed by atoms with Gasteiger partial charge in [0.1, 0.15) is 11.6 Å². The van der Waals surface area contributed by atoms with Crippen molar-refractivity contribution in [2.24, 2.45) is 0 Å². The van der Waals surface area contributed by atoms with Crippen LogP contribution in [0.1, 0.15) is 43.2 Å². The number of carbonyl (C=O) groups is 2. The molecule has 0 aliphatic rings. The summed E-state index contributed by atoms with van der Waals surface area (Å²) < 4.78 is 43.3. The molecular weight excluding hydrogens is 361 g/mol. The van der Waals surface area contributed by atoms with Gasteiger partial charge in [-0.3, -0.25) is 4.79 Å². The predicted octanol–water partition coefficient (Wildman–Crippen LogP) is 4.23. The summed E-state index contributed by atoms with van der Waals surface area (Å²) in [5.41, 5.74) is -0.249. The van der Waals surface area contributed by atoms with Crippen LogP contribution in [0, 0.1) is 25.2 Å². The molecule has 2 aromatic rings. The number of ketones is 1. The molecule has 1 aromatic heterocycles. The van der Waals surface area contributed by atoms with Crippen molar-refractivity contribution in [3.8, 4) is 6.07 Å². The highest BCUT2D eigenvalue weighted by Gasteiger charge is 2.31. The Labute approximate surface area is 153 Å². The molecule has 0 fully saturated rings. The summed E-state index contributed by atoms with van der Waals surface area (Å²) in [7, 11) is 1.19. The van der Waals surface area contributed by atoms with Crippen LogP contribution in [-0.4, -0.2) is 23.8 Å². The number of hydrogen-bond acceptors (Lipinski definition) is 4. The van der Waals surface area contributed by atoms with Crippen LogP contribution in [0.15, 0.2) is 29.8 Å². The maximum atomic E-state index is 12.9. The number of aromatic nitrogens is 1. The number of Topliss-reactive ketones (excluding diaryl/α,β-unsaturated/α-hetero) is 1. The summed E-state index contributed by atoms with van der Waals surface area (Å²) in [5.74, 6) is -1.54. The van der Waals surface area contributed by atoms with Crippen LogP contribution >= 0.6 is 0 Å². The molecule has 0 aliphatic heterocycles. The highest BCUT2D eigenvalue weighted by atomic mass is 19.4. The predicted molar refractivity (Wildman–Crippen MR) is 91.0 cm³/mol. The highest BCUT2D eigenvalue weighted by Crippen LogP contribution is 2.30. The van der Waals surface area contributed by atoms with Gasteiger partial charge in [0, 0.05) is 22.5 Å². The number of aromatic amines is 1. The summed E-state index contributed by atoms with van der Waals surface area (Å²) in [4.78, 5) is 27.4. The van der Waals surface area contributed by atoms with Crippen LogP contribution in [0.4, 0.5) is 13.2 Å². The highest BCUT2D eigenvalue weighted by molar-refractivity contribution is 6.14. The van der Waals surface area contributed by atoms with Gasteiger partial charge in [0.25, 0.3) is 0 Å². The maximum absolute atomic E-state index is 12.9. The molecule has 0 bridgehead atoms. The van der Waals surface area contributed by atoms with E-state index < -0.39 is 29.1 Å². The van der Waals surface area contributed by atoms with E-state index in [2.05, 4.69) is 4.98 Å². The number of nitrogens with zero attached hydrogens (tertiary/aromatic N) is 1. The lowest BCUT2D eigenvalue weighted by molar-refractivity contribution is -0.137. The number of esters is 1. The molecule has 1 aromatic carbocycles. The van der Waals surface area contributed by atoms with Crippen LogP contribution < -0.4 is 0 Å². The van der Waals surface area contributed by atoms with E-state index in [4.69, 9.17) is 4.74 Å². The Hall–Kier alpha value is -3.34. The minimum atomic E-state index is -4.61. The molecule has 0 saturated heterocycles. The minimum absolute atomic E-state index is 0.152. The topological polar surface area (TPSA) is 82.9 Å². The fourth-order valence-corrected chi connectivity index (χ4v) is 2.63. The number of benzene rings is 1. The van der Waals surface area contributed by atoms with Gasteiger partial charge < -0.3 is 9.72 Å². The van der Waals surface area contributed by atoms with Gasteiger partial charge in [-0.15, -0.1) is 0 Å². The lowest BCUT2D eigenvalue weighted by Gasteiger charge is -2.08. The first-order valence-electron chi connectivity index (χ1n) is 7.71. The summed E-state index contributed by atoms with van der Waals surface area (Å²) in [6.45, 7) is 3.26. The number of hydrogen-bond donors (Lipinski definition) is 1. The largest absolute Gasteiger partial charge is 0.465 e. The van der Waals surface area contributed by atoms with E-state index in [0.29, 0.717) is 17.5 Å². The van der Waals surface area contributed by atoms with Crippen LogP contribution in [0.25, 0.3) is 6.08 Å². The molecule has 0 unspecified atom stereocenters. The van der Waals surface area contributed by atoms with Gasteiger partial charge in [-0.2, -0.15) is 18.4 Å². The number of aryl methyl sites for hydroxylation is 2. The van der Waals surface area contributed by atoms with Crippen molar-refractivity contribution in [3.05, 3.63) is 63.5 Å². The van der Waals surface area contributed by atoms with E-state index in [-0.39, 0.29) is 16.7 Å². The number of methoxy groups -OCH3 is 1. The third kappa shape index (κ3) is 4.08. The molecule has 0 radical (unpaired) electrons. The maximum Gasteiger partial charge on any atom is 0.416 e. The summed E-state index contributed by atoms with van der Waals surface area (Å²) >= 11 is 0. The number of allylic oxidation sites excluding steroid dienone is 1. The molecule has 1 heterocycles. The van der Waals surface area contributed by atoms with E-state index in [1.807, 2.05) is 0 Å². The van der Waals surface area contributed by atoms with Gasteiger partial charge in [0.05, 0.1) is 18.2 Å². The second-order valence-electron chi connectivity index (χ2n) is 5.73. The molecule has 0 atom stereocenters. The summed E-state index contributed by atoms with van der Waals surface area (Å²) in [6.07, 6.45) is -3.44. The van der Waals surface area contributed by atoms with E-state index in [0.717, 1.165) is 12.1 Å². The molecule has 8 heteroatoms. The Morgan fingerprint density at radius 3 is 2.44 bits per heavy atom. The van der Waals surface area contributed by atoms with E-state index in [1.54, 1.807) is 19.9 Å². The van der Waals surface area contributed by atoms with Crippen molar-refractivity contribution in [1.29, 1.82) is 5.26 Å². The fourth-order valence-electron chi connectivity index (χ4n) is 2.63. The number of alkyl halides is 3. The van der Waals surface area contributed by atoms with E-state index in [9.17, 15) is 28.0 Å². The van der Waals surface area contributed by atoms with Gasteiger partial charge in [0.15, 0.2) is 0 Å². The summed E-state index contributed by atoms with van der Waals surface area (Å²) in [5, 5.41) is 9.34. The second kappa shape index (κ2) is 7.50. The number of rotatable bonds is 4. The summed E-state index contributed by atoms with van der Waals surface area (Å²) in [6, 6.07) is 5.50. The minimum Gasteiger partial charge on any atom is -0.465 e. The molecule has 27 heavy (non-hydrogen) atoms. The zero-order valence-electron chi connectivity index (χ0n) is 14.7. The smallest absolute Gasteiger partial charge is 0.416 e. The average molecular weight is 376 g/mol. The zero-order valence-corrected chi connectivity index (χ0v) is 14.7. The van der Waals surface area contributed by atoms with E-state index in [1.165, 1.54) is 19.3 Å². The Morgan fingerprint density at radius 2 is 1.89 bits per heavy atom. The van der Waals surface area contributed by atoms with Crippen molar-refractivity contribution >= 4 is 17.8 Å². The molecule has 0 saturated carbocycles. The normalized spacial score (nSPS) is 11.8. The number of carbonyl (C=O) groups excluding carboxylic acids is 2. The molecule has 5 nitrogen and oxygen atoms in total. The Morgan fingerprint density at radius 1 is 1.22 bits per heavy atom. The lowest BCUT2D eigenvalue weighted by atomic mass is 9.98. The SMILES string of the molecule is COC(=O)c1c(C)[nH]c(C)c1/C=C(\C#N)C(=O)c1cccc(C(F)(F)F)c1. The van der Waals surface area contributed by atoms with Crippen molar-refractivity contribution < 1.29 is 27.5 Å². The Bertz CT molecular complexity index is 979.